The smallest absolute Gasteiger partial charge is 0.331 e. The molecule has 510 valence electrons. The number of nitrogens with two attached hydrogens (primary N) is 2. The number of primary amides is 1. The Morgan fingerprint density at radius 3 is 2.02 bits per heavy atom. The van der Waals surface area contributed by atoms with Gasteiger partial charge in [0.1, 0.15) is 60.0 Å². The van der Waals surface area contributed by atoms with E-state index in [0.717, 1.165) is 31.9 Å². The molecule has 0 bridgehead atoms. The predicted octanol–water partition coefficient (Wildman–Crippen LogP) is -4.06. The molecule has 1 fully saturated rings. The fourth-order valence-electron chi connectivity index (χ4n) is 10.2. The van der Waals surface area contributed by atoms with Crippen LogP contribution in [0.15, 0.2) is 95.7 Å². The van der Waals surface area contributed by atoms with Crippen molar-refractivity contribution in [2.75, 3.05) is 26.8 Å². The number of cyclic esters (lactones) is 1. The van der Waals surface area contributed by atoms with E-state index in [4.69, 9.17) is 16.2 Å². The van der Waals surface area contributed by atoms with Gasteiger partial charge in [-0.25, -0.2) is 10.2 Å². The van der Waals surface area contributed by atoms with Crippen molar-refractivity contribution < 1.29 is 93.2 Å². The lowest BCUT2D eigenvalue weighted by Crippen LogP contribution is -2.63. The van der Waals surface area contributed by atoms with Gasteiger partial charge in [-0.3, -0.25) is 47.9 Å². The first-order valence-corrected chi connectivity index (χ1v) is 30.2. The summed E-state index contributed by atoms with van der Waals surface area (Å²) in [6.07, 6.45) is -5.83. The van der Waals surface area contributed by atoms with Crippen molar-refractivity contribution in [3.05, 3.63) is 113 Å². The summed E-state index contributed by atoms with van der Waals surface area (Å²) < 4.78 is 5.73. The number of likely N-dealkylation sites (N-methyl/N-ethyl adjacent to an activating group) is 1. The average Bonchev–Trinajstić information content (AvgIpc) is 1.58. The summed E-state index contributed by atoms with van der Waals surface area (Å²) in [6.45, 7) is 4.48. The Balaban J connectivity index is 1.71. The third-order valence-corrected chi connectivity index (χ3v) is 15.4. The zero-order valence-electron chi connectivity index (χ0n) is 52.7. The molecule has 3 aromatic carbocycles. The number of aliphatic hydroxyl groups excluding tert-OH is 6. The van der Waals surface area contributed by atoms with Crippen LogP contribution in [-0.2, 0) is 63.9 Å². The number of phenols is 1. The zero-order valence-corrected chi connectivity index (χ0v) is 52.7. The Bertz CT molecular complexity index is 3310. The molecule has 2 aliphatic heterocycles. The van der Waals surface area contributed by atoms with Gasteiger partial charge in [0.05, 0.1) is 31.8 Å². The number of ether oxygens (including phenoxy) is 1. The largest absolute Gasteiger partial charge is 0.508 e. The fraction of sp³-hybridized carbons (Fsp3) is 0.460. The minimum Gasteiger partial charge on any atom is -0.508 e. The topological polar surface area (TPSA) is 502 Å². The Hall–Kier alpha value is -9.50. The molecule has 10 amide bonds. The standard InChI is InChI=1S/C63H84N12O19/c1-7-8-10-17-37-18-13-14-19-39(37)40(63(65)53(73-74-62(63)93)59(90)66-29-46(80)52(84)47(81)31-77)27-49(83)71-51-34(5)94-61(92)44(30-76)70-55(86)43(28-48(64)82)69-58(89)50(33(4)78)72-56(87)42(25-35-15-11-9-12-16-35)67-54(85)41(24-32(2)3)68-57(88)45(75(6)60(51)91)26-36-20-22-38(79)23-21-36/h9-23,26,32-34,40-44,46-47,50-52,76-81,84H,7-8,24-25,27-31,65H2,1-6H3,(H2,64,82)(H,66,90)(H,67,85)(H,68,88)(H,69,89)(H,70,86)(H,71,83)(H,72,87)(H,74,93). The van der Waals surface area contributed by atoms with E-state index < -0.39 is 187 Å². The second kappa shape index (κ2) is 35.0. The van der Waals surface area contributed by atoms with Crippen LogP contribution in [0.1, 0.15) is 94.9 Å². The van der Waals surface area contributed by atoms with Crippen molar-refractivity contribution in [2.45, 2.75) is 151 Å². The highest BCUT2D eigenvalue weighted by atomic mass is 16.5. The third kappa shape index (κ3) is 20.3. The number of aliphatic hydroxyl groups is 6. The highest BCUT2D eigenvalue weighted by Crippen LogP contribution is 2.37. The van der Waals surface area contributed by atoms with Crippen molar-refractivity contribution in [1.82, 2.24) is 47.5 Å². The van der Waals surface area contributed by atoms with E-state index in [0.29, 0.717) is 24.0 Å². The average molecular weight is 1310 g/mol. The van der Waals surface area contributed by atoms with Crippen LogP contribution in [0.25, 0.3) is 12.2 Å². The van der Waals surface area contributed by atoms with Crippen molar-refractivity contribution in [3.8, 4) is 5.75 Å². The third-order valence-electron chi connectivity index (χ3n) is 15.4. The number of nitrogens with zero attached hydrogens (tertiary/aromatic N) is 2. The highest BCUT2D eigenvalue weighted by molar-refractivity contribution is 6.48. The quantitative estimate of drug-likeness (QED) is 0.0317. The van der Waals surface area contributed by atoms with Crippen molar-refractivity contribution >= 4 is 82.9 Å². The van der Waals surface area contributed by atoms with E-state index in [-0.39, 0.29) is 35.6 Å². The minimum absolute atomic E-state index is 0.131. The Morgan fingerprint density at radius 1 is 0.787 bits per heavy atom. The van der Waals surface area contributed by atoms with E-state index >= 15 is 14.4 Å². The number of carbonyl (C=O) groups is 11. The summed E-state index contributed by atoms with van der Waals surface area (Å²) in [5, 5.41) is 92.6. The number of hydrogen-bond donors (Lipinski definition) is 17. The summed E-state index contributed by atoms with van der Waals surface area (Å²) in [4.78, 5) is 159. The molecule has 0 aliphatic carbocycles. The first kappa shape index (κ1) is 75.2. The van der Waals surface area contributed by atoms with Gasteiger partial charge in [0.25, 0.3) is 23.6 Å². The first-order valence-electron chi connectivity index (χ1n) is 30.2. The van der Waals surface area contributed by atoms with E-state index in [1.165, 1.54) is 36.4 Å². The number of aromatic hydroxyl groups is 1. The number of rotatable bonds is 23. The normalized spacial score (nSPS) is 24.4. The van der Waals surface area contributed by atoms with Gasteiger partial charge >= 0.3 is 5.97 Å². The molecule has 94 heavy (non-hydrogen) atoms. The lowest BCUT2D eigenvalue weighted by molar-refractivity contribution is -0.158. The fourth-order valence-corrected chi connectivity index (χ4v) is 10.2. The van der Waals surface area contributed by atoms with Crippen LogP contribution in [0, 0.1) is 5.92 Å². The SMILES string of the molecule is CCCC=Cc1ccccc1C(CC(=O)NC1C(=O)N(C)C(=Cc2ccc(O)cc2)C(=O)NC(CC(C)C)C(=O)NC(Cc2ccccc2)C(=O)NC(C(C)O)C(=O)NC(CC(N)=O)C(=O)NC(CO)C(=O)OC1C)C1(N)C(=O)NN=C1C(=O)NCC(O)C(O)C(O)CO. The number of carbonyl (C=O) groups excluding carboxylic acids is 11. The van der Waals surface area contributed by atoms with Gasteiger partial charge in [0, 0.05) is 32.4 Å². The van der Waals surface area contributed by atoms with E-state index in [2.05, 4.69) is 47.7 Å². The number of phenolic OH excluding ortho intramolecular Hbond substituents is 1. The molecule has 2 aliphatic rings. The van der Waals surface area contributed by atoms with Crippen LogP contribution in [0.3, 0.4) is 0 Å². The maximum atomic E-state index is 15.6. The minimum atomic E-state index is -2.63. The molecular formula is C63H84N12O19. The molecule has 5 rings (SSSR count). The lowest BCUT2D eigenvalue weighted by Gasteiger charge is -2.34. The number of amides is 10. The summed E-state index contributed by atoms with van der Waals surface area (Å²) >= 11 is 0. The number of unbranched alkanes of at least 4 members (excludes halogenated alkanes) is 1. The van der Waals surface area contributed by atoms with Crippen molar-refractivity contribution in [1.29, 1.82) is 0 Å². The summed E-state index contributed by atoms with van der Waals surface area (Å²) in [7, 11) is 1.07. The number of benzene rings is 3. The molecule has 19 N–H and O–H groups in total. The number of hydrazone groups is 1. The molecule has 0 radical (unpaired) electrons. The molecule has 0 spiro atoms. The number of allylic oxidation sites excluding steroid dienone is 1. The van der Waals surface area contributed by atoms with Crippen LogP contribution in [0.2, 0.25) is 0 Å². The molecule has 0 aromatic heterocycles. The molecule has 2 heterocycles. The molecule has 31 heteroatoms. The van der Waals surface area contributed by atoms with Crippen LogP contribution in [0.4, 0.5) is 0 Å². The van der Waals surface area contributed by atoms with E-state index in [1.54, 1.807) is 68.5 Å². The summed E-state index contributed by atoms with van der Waals surface area (Å²) in [6, 6.07) is 8.36. The van der Waals surface area contributed by atoms with Crippen molar-refractivity contribution in [3.63, 3.8) is 0 Å². The van der Waals surface area contributed by atoms with Gasteiger partial charge in [-0.2, -0.15) is 5.10 Å². The van der Waals surface area contributed by atoms with Crippen LogP contribution in [0.5, 0.6) is 5.75 Å². The van der Waals surface area contributed by atoms with Gasteiger partial charge in [-0.1, -0.05) is 106 Å². The predicted molar refractivity (Wildman–Crippen MR) is 337 cm³/mol. The molecular weight excluding hydrogens is 1230 g/mol. The van der Waals surface area contributed by atoms with Crippen molar-refractivity contribution in [2.24, 2.45) is 22.5 Å². The second-order valence-corrected chi connectivity index (χ2v) is 23.2. The second-order valence-electron chi connectivity index (χ2n) is 23.2. The Kier molecular flexibility index (Phi) is 28.0. The van der Waals surface area contributed by atoms with Gasteiger partial charge in [-0.05, 0) is 73.1 Å². The molecule has 13 unspecified atom stereocenters. The Labute approximate surface area is 541 Å². The van der Waals surface area contributed by atoms with E-state index in [1.807, 2.05) is 6.92 Å². The summed E-state index contributed by atoms with van der Waals surface area (Å²) in [5.41, 5.74) is 11.9. The highest BCUT2D eigenvalue weighted by Gasteiger charge is 2.55. The lowest BCUT2D eigenvalue weighted by atomic mass is 9.72. The van der Waals surface area contributed by atoms with Crippen LogP contribution >= 0.6 is 0 Å². The Morgan fingerprint density at radius 2 is 1.40 bits per heavy atom. The van der Waals surface area contributed by atoms with Gasteiger partial charge in [-0.15, -0.1) is 0 Å². The van der Waals surface area contributed by atoms with Crippen LogP contribution < -0.4 is 54.1 Å². The molecule has 13 atom stereocenters. The number of hydrogen-bond acceptors (Lipinski definition) is 21. The number of esters is 1. The molecule has 1 saturated heterocycles. The van der Waals surface area contributed by atoms with Gasteiger partial charge < -0.3 is 94.1 Å². The number of nitrogens with one attached hydrogen (secondary N) is 8. The van der Waals surface area contributed by atoms with Gasteiger partial charge in [0.15, 0.2) is 17.3 Å². The van der Waals surface area contributed by atoms with E-state index in [9.17, 15) is 74.1 Å². The summed E-state index contributed by atoms with van der Waals surface area (Å²) in [5.74, 6) is -15.6. The molecule has 0 saturated carbocycles. The molecule has 3 aromatic rings. The van der Waals surface area contributed by atoms with Crippen LogP contribution in [-0.4, -0.2) is 211 Å². The monoisotopic (exact) mass is 1310 g/mol. The molecule has 31 nitrogen and oxygen atoms in total. The maximum absolute atomic E-state index is 15.6. The van der Waals surface area contributed by atoms with Gasteiger partial charge in [0.2, 0.25) is 35.4 Å². The first-order chi connectivity index (χ1) is 44.4. The maximum Gasteiger partial charge on any atom is 0.331 e. The zero-order chi connectivity index (χ0) is 69.7.